The number of carbonyl (C=O) groups is 4. The predicted octanol–water partition coefficient (Wildman–Crippen LogP) is 2.55. The lowest BCUT2D eigenvalue weighted by Gasteiger charge is -2.18. The number of nitrogens with zero attached hydrogens (tertiary/aromatic N) is 1. The summed E-state index contributed by atoms with van der Waals surface area (Å²) in [5, 5.41) is 12.0. The van der Waals surface area contributed by atoms with Crippen molar-refractivity contribution in [2.45, 2.75) is 19.0 Å². The molecule has 2 heterocycles. The minimum atomic E-state index is -1.48. The number of amides is 2. The Balaban J connectivity index is 1.49. The molecule has 0 fully saturated rings. The first-order valence-corrected chi connectivity index (χ1v) is 9.86. The third-order valence-corrected chi connectivity index (χ3v) is 5.35. The number of carboxylic acids is 1. The van der Waals surface area contributed by atoms with E-state index in [0.29, 0.717) is 5.56 Å². The van der Waals surface area contributed by atoms with E-state index in [1.807, 2.05) is 36.4 Å². The quantitative estimate of drug-likeness (QED) is 0.558. The average molecular weight is 438 g/mol. The van der Waals surface area contributed by atoms with Crippen LogP contribution in [0.3, 0.4) is 0 Å². The van der Waals surface area contributed by atoms with Crippen LogP contribution in [0.5, 0.6) is 0 Å². The number of rotatable bonds is 8. The van der Waals surface area contributed by atoms with Gasteiger partial charge in [-0.1, -0.05) is 30.3 Å². The molecule has 4 rings (SSSR count). The van der Waals surface area contributed by atoms with Gasteiger partial charge in [0.15, 0.2) is 5.78 Å². The highest BCUT2D eigenvalue weighted by molar-refractivity contribution is 6.03. The van der Waals surface area contributed by atoms with Crippen LogP contribution in [0, 0.1) is 0 Å². The molecule has 164 valence electrons. The molecule has 2 N–H and O–H groups in total. The summed E-state index contributed by atoms with van der Waals surface area (Å²) in [4.78, 5) is 48.9. The molecular weight excluding hydrogens is 419 g/mol. The molecule has 0 saturated heterocycles. The van der Waals surface area contributed by atoms with E-state index in [4.69, 9.17) is 9.52 Å². The number of furan rings is 1. The zero-order valence-corrected chi connectivity index (χ0v) is 16.8. The number of Topliss-reactive ketones (excluding diaryl/α,β-unsaturated/α-hetero) is 1. The summed E-state index contributed by atoms with van der Waals surface area (Å²) in [6.07, 6.45) is 0.895. The Morgan fingerprint density at radius 1 is 1.16 bits per heavy atom. The maximum absolute atomic E-state index is 12.9. The molecule has 0 aliphatic carbocycles. The number of hydrogen-bond donors (Lipinski definition) is 2. The van der Waals surface area contributed by atoms with Gasteiger partial charge in [-0.3, -0.25) is 19.2 Å². The molecule has 8 nitrogen and oxygen atoms in total. The van der Waals surface area contributed by atoms with Crippen molar-refractivity contribution < 1.29 is 33.1 Å². The fourth-order valence-corrected chi connectivity index (χ4v) is 3.78. The number of para-hydroxylation sites is 1. The number of hydrogen-bond acceptors (Lipinski definition) is 5. The number of benzene rings is 2. The molecule has 1 aliphatic rings. The van der Waals surface area contributed by atoms with Gasteiger partial charge in [0.05, 0.1) is 12.7 Å². The van der Waals surface area contributed by atoms with Crippen LogP contribution in [0.1, 0.15) is 22.3 Å². The fraction of sp³-hybridized carbons (Fsp3) is 0.217. The zero-order valence-electron chi connectivity index (χ0n) is 16.8. The summed E-state index contributed by atoms with van der Waals surface area (Å²) in [5.41, 5.74) is 3.55. The van der Waals surface area contributed by atoms with Crippen molar-refractivity contribution in [2.75, 3.05) is 13.2 Å². The van der Waals surface area contributed by atoms with E-state index in [1.54, 1.807) is 12.3 Å². The first kappa shape index (κ1) is 21.2. The smallest absolute Gasteiger partial charge is 0.305 e. The van der Waals surface area contributed by atoms with Crippen LogP contribution in [0.15, 0.2) is 53.1 Å². The van der Waals surface area contributed by atoms with Crippen LogP contribution < -0.4 is 5.32 Å². The molecule has 0 saturated carbocycles. The largest absolute Gasteiger partial charge is 0.481 e. The average Bonchev–Trinajstić information content (AvgIpc) is 3.33. The van der Waals surface area contributed by atoms with Crippen molar-refractivity contribution in [3.63, 3.8) is 0 Å². The molecule has 1 aliphatic heterocycles. The van der Waals surface area contributed by atoms with Crippen LogP contribution >= 0.6 is 0 Å². The van der Waals surface area contributed by atoms with E-state index in [0.717, 1.165) is 27.7 Å². The Morgan fingerprint density at radius 2 is 1.94 bits per heavy atom. The minimum absolute atomic E-state index is 0.189. The number of alkyl halides is 1. The monoisotopic (exact) mass is 438 g/mol. The van der Waals surface area contributed by atoms with Gasteiger partial charge >= 0.3 is 5.97 Å². The Bertz CT molecular complexity index is 1230. The lowest BCUT2D eigenvalue weighted by molar-refractivity contribution is -0.140. The van der Waals surface area contributed by atoms with Gasteiger partial charge in [-0.2, -0.15) is 0 Å². The van der Waals surface area contributed by atoms with Crippen molar-refractivity contribution in [1.82, 2.24) is 10.2 Å². The topological polar surface area (TPSA) is 117 Å². The van der Waals surface area contributed by atoms with Gasteiger partial charge in [0, 0.05) is 23.1 Å². The lowest BCUT2D eigenvalue weighted by atomic mass is 10.00. The Kier molecular flexibility index (Phi) is 5.72. The highest BCUT2D eigenvalue weighted by atomic mass is 19.1. The second-order valence-corrected chi connectivity index (χ2v) is 7.50. The molecule has 0 bridgehead atoms. The normalized spacial score (nSPS) is 13.8. The third kappa shape index (κ3) is 4.09. The molecule has 3 aromatic rings. The first-order chi connectivity index (χ1) is 15.4. The summed E-state index contributed by atoms with van der Waals surface area (Å²) in [6.45, 7) is -1.58. The maximum Gasteiger partial charge on any atom is 0.305 e. The van der Waals surface area contributed by atoms with E-state index in [-0.39, 0.29) is 19.0 Å². The molecule has 9 heteroatoms. The SMILES string of the molecule is O=C(O)CC(NC(=O)CN1Cc2ccc(-c3coc4ccccc34)cc2C1=O)C(=O)CF. The molecule has 1 unspecified atom stereocenters. The molecule has 2 aromatic carbocycles. The van der Waals surface area contributed by atoms with Gasteiger partial charge < -0.3 is 19.7 Å². The third-order valence-electron chi connectivity index (χ3n) is 5.35. The van der Waals surface area contributed by atoms with Crippen LogP contribution in [-0.2, 0) is 20.9 Å². The first-order valence-electron chi connectivity index (χ1n) is 9.86. The minimum Gasteiger partial charge on any atom is -0.481 e. The van der Waals surface area contributed by atoms with Crippen molar-refractivity contribution in [3.8, 4) is 11.1 Å². The Morgan fingerprint density at radius 3 is 2.69 bits per heavy atom. The predicted molar refractivity (Wildman–Crippen MR) is 112 cm³/mol. The molecular formula is C23H19FN2O6. The molecule has 32 heavy (non-hydrogen) atoms. The van der Waals surface area contributed by atoms with Crippen molar-refractivity contribution in [3.05, 3.63) is 59.9 Å². The number of nitrogens with one attached hydrogen (secondary N) is 1. The van der Waals surface area contributed by atoms with Gasteiger partial charge in [-0.15, -0.1) is 0 Å². The number of halogens is 1. The number of carbonyl (C=O) groups excluding carboxylic acids is 3. The second-order valence-electron chi connectivity index (χ2n) is 7.50. The van der Waals surface area contributed by atoms with Crippen molar-refractivity contribution >= 4 is 34.5 Å². The molecule has 0 spiro atoms. The second kappa shape index (κ2) is 8.62. The van der Waals surface area contributed by atoms with Gasteiger partial charge in [-0.25, -0.2) is 4.39 Å². The summed E-state index contributed by atoms with van der Waals surface area (Å²) >= 11 is 0. The van der Waals surface area contributed by atoms with Gasteiger partial charge in [-0.05, 0) is 23.3 Å². The molecule has 1 aromatic heterocycles. The van der Waals surface area contributed by atoms with Crippen molar-refractivity contribution in [2.24, 2.45) is 0 Å². The molecule has 1 atom stereocenters. The maximum atomic E-state index is 12.9. The van der Waals surface area contributed by atoms with Gasteiger partial charge in [0.2, 0.25) is 5.91 Å². The number of fused-ring (bicyclic) bond motifs is 2. The Hall–Kier alpha value is -4.01. The van der Waals surface area contributed by atoms with E-state index in [2.05, 4.69) is 5.32 Å². The van der Waals surface area contributed by atoms with E-state index < -0.39 is 36.8 Å². The summed E-state index contributed by atoms with van der Waals surface area (Å²) in [6, 6.07) is 11.5. The van der Waals surface area contributed by atoms with Crippen molar-refractivity contribution in [1.29, 1.82) is 0 Å². The Labute approximate surface area is 181 Å². The summed E-state index contributed by atoms with van der Waals surface area (Å²) in [7, 11) is 0. The van der Waals surface area contributed by atoms with Gasteiger partial charge in [0.1, 0.15) is 24.8 Å². The van der Waals surface area contributed by atoms with Crippen LogP contribution in [0.25, 0.3) is 22.1 Å². The van der Waals surface area contributed by atoms with E-state index in [9.17, 15) is 23.6 Å². The molecule has 0 radical (unpaired) electrons. The highest BCUT2D eigenvalue weighted by Crippen LogP contribution is 2.33. The lowest BCUT2D eigenvalue weighted by Crippen LogP contribution is -2.47. The zero-order chi connectivity index (χ0) is 22.8. The van der Waals surface area contributed by atoms with Gasteiger partial charge in [0.25, 0.3) is 5.91 Å². The number of aliphatic carboxylic acids is 1. The van der Waals surface area contributed by atoms with Crippen LogP contribution in [0.2, 0.25) is 0 Å². The summed E-state index contributed by atoms with van der Waals surface area (Å²) < 4.78 is 18.2. The molecule has 2 amide bonds. The highest BCUT2D eigenvalue weighted by Gasteiger charge is 2.31. The van der Waals surface area contributed by atoms with Crippen LogP contribution in [-0.4, -0.2) is 52.8 Å². The number of ketones is 1. The summed E-state index contributed by atoms with van der Waals surface area (Å²) in [5.74, 6) is -3.48. The van der Waals surface area contributed by atoms with E-state index >= 15 is 0 Å². The standard InChI is InChI=1S/C23H19FN2O6/c24-9-19(27)18(8-22(29)30)25-21(28)11-26-10-14-6-5-13(7-16(14)23(26)31)17-12-32-20-4-2-1-3-15(17)20/h1-7,12,18H,8-11H2,(H,25,28)(H,29,30). The van der Waals surface area contributed by atoms with E-state index in [1.165, 1.54) is 4.90 Å². The van der Waals surface area contributed by atoms with Crippen LogP contribution in [0.4, 0.5) is 4.39 Å². The number of carboxylic acid groups (broad SMARTS) is 1. The fourth-order valence-electron chi connectivity index (χ4n) is 3.78.